The summed E-state index contributed by atoms with van der Waals surface area (Å²) in [6, 6.07) is 4.44. The van der Waals surface area contributed by atoms with Gasteiger partial charge in [0.1, 0.15) is 0 Å². The predicted molar refractivity (Wildman–Crippen MR) is 66.4 cm³/mol. The Morgan fingerprint density at radius 3 is 2.53 bits per heavy atom. The summed E-state index contributed by atoms with van der Waals surface area (Å²) in [4.78, 5) is 0. The second-order valence-electron chi connectivity index (χ2n) is 3.85. The first-order chi connectivity index (χ1) is 7.45. The summed E-state index contributed by atoms with van der Waals surface area (Å²) in [5.74, 6) is 0. The Hall–Kier alpha value is -1.82. The fourth-order valence-electron chi connectivity index (χ4n) is 2.15. The van der Waals surface area contributed by atoms with E-state index in [2.05, 4.69) is 60.7 Å². The topological polar surface area (TPSA) is 0 Å². The standard InChI is InChI=1S/C15H12/c1-2-4-8-14-12(6-3-1)10-11-13-7-5-9-15(13)14/h1-6,8-11H,7H2/b2-1-,3-1?,4-2?,6-3?,8-4-,12-6?,14-8?. The van der Waals surface area contributed by atoms with Gasteiger partial charge < -0.3 is 0 Å². The van der Waals surface area contributed by atoms with Crippen LogP contribution in [0.25, 0.3) is 18.2 Å². The molecule has 0 radical (unpaired) electrons. The molecule has 0 N–H and O–H groups in total. The van der Waals surface area contributed by atoms with Gasteiger partial charge in [0, 0.05) is 0 Å². The molecule has 72 valence electrons. The largest absolute Gasteiger partial charge is 0.0795 e. The zero-order valence-electron chi connectivity index (χ0n) is 8.48. The molecule has 3 rings (SSSR count). The summed E-state index contributed by atoms with van der Waals surface area (Å²) in [7, 11) is 0. The third-order valence-corrected chi connectivity index (χ3v) is 2.91. The highest BCUT2D eigenvalue weighted by molar-refractivity contribution is 5.79. The van der Waals surface area contributed by atoms with Gasteiger partial charge in [-0.1, -0.05) is 60.7 Å². The maximum atomic E-state index is 2.23. The molecule has 2 aliphatic carbocycles. The number of benzene rings is 1. The highest BCUT2D eigenvalue weighted by atomic mass is 14.1. The first-order valence-electron chi connectivity index (χ1n) is 5.29. The molecule has 0 fully saturated rings. The molecule has 0 nitrogen and oxygen atoms in total. The summed E-state index contributed by atoms with van der Waals surface area (Å²) in [6.45, 7) is 0. The van der Waals surface area contributed by atoms with Crippen LogP contribution in [-0.4, -0.2) is 0 Å². The lowest BCUT2D eigenvalue weighted by Gasteiger charge is -2.08. The number of allylic oxidation sites excluding steroid dienone is 5. The highest BCUT2D eigenvalue weighted by Gasteiger charge is 2.10. The molecule has 0 atom stereocenters. The third-order valence-electron chi connectivity index (χ3n) is 2.91. The lowest BCUT2D eigenvalue weighted by Crippen LogP contribution is -1.90. The second kappa shape index (κ2) is 3.39. The van der Waals surface area contributed by atoms with E-state index in [0.29, 0.717) is 0 Å². The third kappa shape index (κ3) is 1.39. The first kappa shape index (κ1) is 8.49. The monoisotopic (exact) mass is 192 g/mol. The van der Waals surface area contributed by atoms with Crippen molar-refractivity contribution in [3.05, 3.63) is 64.8 Å². The molecule has 0 heteroatoms. The van der Waals surface area contributed by atoms with Crippen LogP contribution in [0.3, 0.4) is 0 Å². The Balaban J connectivity index is 2.27. The zero-order valence-corrected chi connectivity index (χ0v) is 8.48. The van der Waals surface area contributed by atoms with Crippen LogP contribution in [0.2, 0.25) is 0 Å². The van der Waals surface area contributed by atoms with Crippen LogP contribution in [0.15, 0.2) is 42.5 Å². The maximum absolute atomic E-state index is 2.23. The predicted octanol–water partition coefficient (Wildman–Crippen LogP) is 3.85. The van der Waals surface area contributed by atoms with E-state index in [1.54, 1.807) is 0 Å². The highest BCUT2D eigenvalue weighted by Crippen LogP contribution is 2.28. The normalized spacial score (nSPS) is 20.3. The Labute approximate surface area is 89.9 Å². The van der Waals surface area contributed by atoms with Gasteiger partial charge in [-0.2, -0.15) is 0 Å². The molecular weight excluding hydrogens is 180 g/mol. The molecular formula is C15H12. The van der Waals surface area contributed by atoms with Gasteiger partial charge in [-0.05, 0) is 28.7 Å². The van der Waals surface area contributed by atoms with Gasteiger partial charge in [0.15, 0.2) is 0 Å². The average molecular weight is 192 g/mol. The summed E-state index contributed by atoms with van der Waals surface area (Å²) in [5.41, 5.74) is 5.49. The van der Waals surface area contributed by atoms with Gasteiger partial charge in [-0.25, -0.2) is 0 Å². The van der Waals surface area contributed by atoms with E-state index >= 15 is 0 Å². The van der Waals surface area contributed by atoms with Gasteiger partial charge in [0.2, 0.25) is 0 Å². The van der Waals surface area contributed by atoms with E-state index in [0.717, 1.165) is 6.42 Å². The minimum atomic E-state index is 1.08. The van der Waals surface area contributed by atoms with Gasteiger partial charge in [-0.15, -0.1) is 0 Å². The van der Waals surface area contributed by atoms with Crippen molar-refractivity contribution < 1.29 is 0 Å². The van der Waals surface area contributed by atoms with Crippen LogP contribution in [-0.2, 0) is 6.42 Å². The van der Waals surface area contributed by atoms with E-state index < -0.39 is 0 Å². The smallest absolute Gasteiger partial charge is 0.00879 e. The lowest BCUT2D eigenvalue weighted by atomic mass is 9.96. The molecule has 0 heterocycles. The van der Waals surface area contributed by atoms with Crippen molar-refractivity contribution >= 4 is 18.2 Å². The van der Waals surface area contributed by atoms with Crippen molar-refractivity contribution in [3.8, 4) is 0 Å². The van der Waals surface area contributed by atoms with Crippen LogP contribution in [0.5, 0.6) is 0 Å². The lowest BCUT2D eigenvalue weighted by molar-refractivity contribution is 1.30. The summed E-state index contributed by atoms with van der Waals surface area (Å²) in [6.07, 6.45) is 18.2. The van der Waals surface area contributed by atoms with Gasteiger partial charge in [0.25, 0.3) is 0 Å². The average Bonchev–Trinajstić information content (AvgIpc) is 2.65. The summed E-state index contributed by atoms with van der Waals surface area (Å²) < 4.78 is 0. The second-order valence-corrected chi connectivity index (χ2v) is 3.85. The number of hydrogen-bond donors (Lipinski definition) is 0. The van der Waals surface area contributed by atoms with Crippen molar-refractivity contribution in [3.63, 3.8) is 0 Å². The van der Waals surface area contributed by atoms with Gasteiger partial charge in [-0.3, -0.25) is 0 Å². The van der Waals surface area contributed by atoms with E-state index in [1.165, 1.54) is 22.3 Å². The quantitative estimate of drug-likeness (QED) is 0.585. The van der Waals surface area contributed by atoms with Crippen LogP contribution >= 0.6 is 0 Å². The van der Waals surface area contributed by atoms with Crippen molar-refractivity contribution in [2.45, 2.75) is 6.42 Å². The van der Waals surface area contributed by atoms with E-state index in [4.69, 9.17) is 0 Å². The fraction of sp³-hybridized carbons (Fsp3) is 0.0667. The fourth-order valence-corrected chi connectivity index (χ4v) is 2.15. The molecule has 0 bridgehead atoms. The molecule has 0 saturated heterocycles. The Bertz CT molecular complexity index is 511. The number of fused-ring (bicyclic) bond motifs is 3. The Kier molecular flexibility index (Phi) is 1.92. The van der Waals surface area contributed by atoms with Crippen LogP contribution in [0.4, 0.5) is 0 Å². The van der Waals surface area contributed by atoms with Gasteiger partial charge in [0.05, 0.1) is 0 Å². The van der Waals surface area contributed by atoms with E-state index in [9.17, 15) is 0 Å². The molecule has 0 saturated carbocycles. The first-order valence-corrected chi connectivity index (χ1v) is 5.29. The maximum Gasteiger partial charge on any atom is -0.00879 e. The Morgan fingerprint density at radius 1 is 0.733 bits per heavy atom. The van der Waals surface area contributed by atoms with Crippen LogP contribution in [0.1, 0.15) is 22.3 Å². The summed E-state index contributed by atoms with van der Waals surface area (Å²) >= 11 is 0. The van der Waals surface area contributed by atoms with Crippen molar-refractivity contribution in [2.24, 2.45) is 0 Å². The molecule has 0 amide bonds. The molecule has 2 aliphatic rings. The number of hydrogen-bond acceptors (Lipinski definition) is 0. The van der Waals surface area contributed by atoms with Crippen molar-refractivity contribution in [1.29, 1.82) is 0 Å². The van der Waals surface area contributed by atoms with Crippen LogP contribution < -0.4 is 0 Å². The molecule has 1 aromatic rings. The molecule has 15 heavy (non-hydrogen) atoms. The van der Waals surface area contributed by atoms with Crippen molar-refractivity contribution in [2.75, 3.05) is 0 Å². The minimum absolute atomic E-state index is 1.08. The van der Waals surface area contributed by atoms with Crippen LogP contribution in [0, 0.1) is 0 Å². The van der Waals surface area contributed by atoms with E-state index in [-0.39, 0.29) is 0 Å². The minimum Gasteiger partial charge on any atom is -0.0795 e. The molecule has 0 aliphatic heterocycles. The summed E-state index contributed by atoms with van der Waals surface area (Å²) in [5, 5.41) is 0. The van der Waals surface area contributed by atoms with Gasteiger partial charge >= 0.3 is 0 Å². The molecule has 0 unspecified atom stereocenters. The molecule has 0 aromatic heterocycles. The molecule has 1 aromatic carbocycles. The molecule has 0 spiro atoms. The van der Waals surface area contributed by atoms with E-state index in [1.807, 2.05) is 0 Å². The SMILES string of the molecule is C1=Cc2ccc3c(c2/C=C\C=C/1)C=CC3. The zero-order chi connectivity index (χ0) is 10.1. The van der Waals surface area contributed by atoms with Crippen molar-refractivity contribution in [1.82, 2.24) is 0 Å². The Morgan fingerprint density at radius 2 is 1.60 bits per heavy atom. The number of rotatable bonds is 0.